The summed E-state index contributed by atoms with van der Waals surface area (Å²) in [6.07, 6.45) is 22.5. The van der Waals surface area contributed by atoms with E-state index >= 15 is 0 Å². The summed E-state index contributed by atoms with van der Waals surface area (Å²) in [6, 6.07) is 0. The molecule has 1 saturated carbocycles. The molecular formula is C28H55NO3. The van der Waals surface area contributed by atoms with E-state index in [1.807, 2.05) is 0 Å². The van der Waals surface area contributed by atoms with Crippen LogP contribution in [0.15, 0.2) is 0 Å². The van der Waals surface area contributed by atoms with Crippen LogP contribution < -0.4 is 0 Å². The molecule has 0 aromatic carbocycles. The predicted molar refractivity (Wildman–Crippen MR) is 137 cm³/mol. The summed E-state index contributed by atoms with van der Waals surface area (Å²) >= 11 is 0. The normalized spacial score (nSPS) is 23.7. The zero-order valence-corrected chi connectivity index (χ0v) is 22.3. The Balaban J connectivity index is 2.41. The minimum Gasteiger partial charge on any atom is -0.371 e. The Morgan fingerprint density at radius 3 is 1.78 bits per heavy atom. The van der Waals surface area contributed by atoms with Crippen LogP contribution in [0.5, 0.6) is 0 Å². The number of ether oxygens (including phenoxy) is 1. The van der Waals surface area contributed by atoms with E-state index in [1.54, 1.807) is 7.11 Å². The second kappa shape index (κ2) is 15.3. The summed E-state index contributed by atoms with van der Waals surface area (Å²) in [5.41, 5.74) is -0.968. The zero-order chi connectivity index (χ0) is 23.9. The van der Waals surface area contributed by atoms with Crippen molar-refractivity contribution in [3.8, 4) is 0 Å². The Morgan fingerprint density at radius 2 is 1.28 bits per heavy atom. The maximum absolute atomic E-state index is 12.3. The van der Waals surface area contributed by atoms with E-state index in [4.69, 9.17) is 4.74 Å². The van der Waals surface area contributed by atoms with E-state index in [9.17, 15) is 10.1 Å². The molecule has 0 aliphatic heterocycles. The topological polar surface area (TPSA) is 52.4 Å². The molecule has 2 atom stereocenters. The Kier molecular flexibility index (Phi) is 14.1. The Morgan fingerprint density at radius 1 is 0.781 bits per heavy atom. The van der Waals surface area contributed by atoms with Gasteiger partial charge in [-0.2, -0.15) is 0 Å². The van der Waals surface area contributed by atoms with E-state index in [1.165, 1.54) is 77.0 Å². The Hall–Kier alpha value is -0.640. The molecule has 0 heterocycles. The van der Waals surface area contributed by atoms with Crippen molar-refractivity contribution in [2.24, 2.45) is 5.41 Å². The van der Waals surface area contributed by atoms with Crippen LogP contribution in [0, 0.1) is 15.5 Å². The number of hydrogen-bond donors (Lipinski definition) is 0. The molecule has 0 bridgehead atoms. The van der Waals surface area contributed by atoms with Gasteiger partial charge in [-0.05, 0) is 37.5 Å². The summed E-state index contributed by atoms with van der Waals surface area (Å²) in [4.78, 5) is 12.4. The summed E-state index contributed by atoms with van der Waals surface area (Å²) in [5, 5.41) is 12.3. The van der Waals surface area contributed by atoms with Crippen LogP contribution in [0.1, 0.15) is 156 Å². The van der Waals surface area contributed by atoms with Crippen molar-refractivity contribution < 1.29 is 9.66 Å². The lowest BCUT2D eigenvalue weighted by atomic mass is 9.75. The lowest BCUT2D eigenvalue weighted by molar-refractivity contribution is -0.593. The second-order valence-electron chi connectivity index (χ2n) is 11.7. The third kappa shape index (κ3) is 9.69. The van der Waals surface area contributed by atoms with Gasteiger partial charge in [0, 0.05) is 24.9 Å². The van der Waals surface area contributed by atoms with Crippen molar-refractivity contribution in [2.45, 2.75) is 167 Å². The van der Waals surface area contributed by atoms with Crippen molar-refractivity contribution in [2.75, 3.05) is 7.11 Å². The van der Waals surface area contributed by atoms with Crippen LogP contribution in [0.3, 0.4) is 0 Å². The largest absolute Gasteiger partial charge is 0.371 e. The van der Waals surface area contributed by atoms with Gasteiger partial charge in [0.1, 0.15) is 5.60 Å². The fourth-order valence-electron chi connectivity index (χ4n) is 5.90. The Bertz CT molecular complexity index is 501. The Labute approximate surface area is 199 Å². The third-order valence-corrected chi connectivity index (χ3v) is 7.96. The summed E-state index contributed by atoms with van der Waals surface area (Å²) in [6.45, 7) is 9.19. The minimum atomic E-state index is -0.864. The van der Waals surface area contributed by atoms with Gasteiger partial charge in [0.15, 0.2) is 0 Å². The quantitative estimate of drug-likeness (QED) is 0.111. The molecule has 2 unspecified atom stereocenters. The lowest BCUT2D eigenvalue weighted by Crippen LogP contribution is -2.56. The molecule has 1 rings (SSSR count). The number of nitrogens with zero attached hydrogens (tertiary/aromatic N) is 1. The molecule has 0 saturated heterocycles. The predicted octanol–water partition coefficient (Wildman–Crippen LogP) is 9.27. The zero-order valence-electron chi connectivity index (χ0n) is 22.3. The van der Waals surface area contributed by atoms with E-state index in [-0.39, 0.29) is 4.92 Å². The van der Waals surface area contributed by atoms with E-state index < -0.39 is 11.1 Å². The summed E-state index contributed by atoms with van der Waals surface area (Å²) in [5.74, 6) is 0. The first-order chi connectivity index (χ1) is 15.2. The molecule has 190 valence electrons. The van der Waals surface area contributed by atoms with E-state index in [0.29, 0.717) is 18.3 Å². The van der Waals surface area contributed by atoms with Crippen LogP contribution in [-0.2, 0) is 4.74 Å². The first kappa shape index (κ1) is 29.4. The number of methoxy groups -OCH3 is 1. The standard InChI is InChI=1S/C28H55NO3/c1-6-7-8-9-11-16-19-24-28(32-5)25-20-23-27(28,29(30)31)22-18-15-13-10-12-14-17-21-26(2,3)4/h6-25H2,1-5H3. The fourth-order valence-corrected chi connectivity index (χ4v) is 5.90. The molecule has 1 aliphatic carbocycles. The van der Waals surface area contributed by atoms with Crippen LogP contribution in [0.25, 0.3) is 0 Å². The lowest BCUT2D eigenvalue weighted by Gasteiger charge is -2.38. The molecule has 0 N–H and O–H groups in total. The third-order valence-electron chi connectivity index (χ3n) is 7.96. The maximum atomic E-state index is 12.3. The van der Waals surface area contributed by atoms with Crippen molar-refractivity contribution >= 4 is 0 Å². The van der Waals surface area contributed by atoms with Gasteiger partial charge in [0.2, 0.25) is 0 Å². The molecule has 4 heteroatoms. The van der Waals surface area contributed by atoms with Crippen LogP contribution in [-0.4, -0.2) is 23.2 Å². The first-order valence-electron chi connectivity index (χ1n) is 13.9. The molecule has 1 fully saturated rings. The SMILES string of the molecule is CCCCCCCCCC1(OC)CCCC1(CCCCCCCCCC(C)(C)C)[N+](=O)[O-]. The fraction of sp³-hybridized carbons (Fsp3) is 1.00. The first-order valence-corrected chi connectivity index (χ1v) is 13.9. The highest BCUT2D eigenvalue weighted by atomic mass is 16.6. The minimum absolute atomic E-state index is 0.0528. The molecule has 0 aromatic heterocycles. The summed E-state index contributed by atoms with van der Waals surface area (Å²) in [7, 11) is 1.72. The monoisotopic (exact) mass is 453 g/mol. The van der Waals surface area contributed by atoms with Gasteiger partial charge in [0.05, 0.1) is 0 Å². The molecular weight excluding hydrogens is 398 g/mol. The molecule has 0 spiro atoms. The maximum Gasteiger partial charge on any atom is 0.250 e. The van der Waals surface area contributed by atoms with Gasteiger partial charge in [-0.3, -0.25) is 10.1 Å². The average Bonchev–Trinajstić information content (AvgIpc) is 3.11. The van der Waals surface area contributed by atoms with Crippen molar-refractivity contribution in [3.63, 3.8) is 0 Å². The van der Waals surface area contributed by atoms with Crippen molar-refractivity contribution in [3.05, 3.63) is 10.1 Å². The highest BCUT2D eigenvalue weighted by Crippen LogP contribution is 2.50. The van der Waals surface area contributed by atoms with Gasteiger partial charge < -0.3 is 4.74 Å². The molecule has 0 amide bonds. The smallest absolute Gasteiger partial charge is 0.250 e. The van der Waals surface area contributed by atoms with E-state index in [0.717, 1.165) is 38.5 Å². The van der Waals surface area contributed by atoms with Gasteiger partial charge in [-0.15, -0.1) is 0 Å². The van der Waals surface area contributed by atoms with Crippen LogP contribution >= 0.6 is 0 Å². The van der Waals surface area contributed by atoms with Gasteiger partial charge in [0.25, 0.3) is 5.54 Å². The van der Waals surface area contributed by atoms with Gasteiger partial charge in [-0.1, -0.05) is 111 Å². The summed E-state index contributed by atoms with van der Waals surface area (Å²) < 4.78 is 6.03. The van der Waals surface area contributed by atoms with Crippen molar-refractivity contribution in [1.29, 1.82) is 0 Å². The number of hydrogen-bond acceptors (Lipinski definition) is 3. The molecule has 4 nitrogen and oxygen atoms in total. The van der Waals surface area contributed by atoms with E-state index in [2.05, 4.69) is 27.7 Å². The van der Waals surface area contributed by atoms with Crippen molar-refractivity contribution in [1.82, 2.24) is 0 Å². The molecule has 0 radical (unpaired) electrons. The average molecular weight is 454 g/mol. The van der Waals surface area contributed by atoms with Crippen LogP contribution in [0.2, 0.25) is 0 Å². The number of rotatable bonds is 19. The van der Waals surface area contributed by atoms with Gasteiger partial charge >= 0.3 is 0 Å². The molecule has 0 aromatic rings. The number of unbranched alkanes of at least 4 members (excludes halogenated alkanes) is 12. The van der Waals surface area contributed by atoms with Gasteiger partial charge in [-0.25, -0.2) is 0 Å². The number of nitro groups is 1. The second-order valence-corrected chi connectivity index (χ2v) is 11.7. The highest BCUT2D eigenvalue weighted by Gasteiger charge is 2.63. The van der Waals surface area contributed by atoms with Crippen LogP contribution in [0.4, 0.5) is 0 Å². The highest BCUT2D eigenvalue weighted by molar-refractivity contribution is 5.06. The molecule has 1 aliphatic rings. The molecule has 32 heavy (non-hydrogen) atoms.